The Kier molecular flexibility index (Phi) is 6.22. The van der Waals surface area contributed by atoms with Gasteiger partial charge in [0.15, 0.2) is 0 Å². The quantitative estimate of drug-likeness (QED) is 0.613. The zero-order valence-electron chi connectivity index (χ0n) is 14.1. The van der Waals surface area contributed by atoms with Gasteiger partial charge in [-0.3, -0.25) is 9.78 Å². The molecule has 0 saturated carbocycles. The van der Waals surface area contributed by atoms with E-state index in [1.54, 1.807) is 29.8 Å². The van der Waals surface area contributed by atoms with Crippen LogP contribution >= 0.6 is 22.9 Å². The summed E-state index contributed by atoms with van der Waals surface area (Å²) in [6, 6.07) is 9.77. The van der Waals surface area contributed by atoms with E-state index in [0.717, 1.165) is 16.7 Å². The van der Waals surface area contributed by atoms with Gasteiger partial charge in [0.1, 0.15) is 0 Å². The third-order valence-corrected chi connectivity index (χ3v) is 5.99. The molecule has 0 fully saturated rings. The molecule has 0 aliphatic rings. The van der Waals surface area contributed by atoms with Gasteiger partial charge in [-0.1, -0.05) is 17.7 Å². The minimum absolute atomic E-state index is 0.00969. The standard InChI is InChI=1S/C18H16ClN3O3S2/c19-16-2-1-3-17(7-16)27(24,25)22-11-18(23)21-9-13-6-15(10-20-8-13)14-4-5-26-12-14/h1-8,10,12,22H,9,11H2,(H,21,23). The highest BCUT2D eigenvalue weighted by atomic mass is 35.5. The van der Waals surface area contributed by atoms with E-state index in [4.69, 9.17) is 11.6 Å². The fourth-order valence-electron chi connectivity index (χ4n) is 2.31. The molecule has 6 nitrogen and oxygen atoms in total. The van der Waals surface area contributed by atoms with Crippen molar-refractivity contribution in [1.29, 1.82) is 0 Å². The van der Waals surface area contributed by atoms with Gasteiger partial charge in [-0.25, -0.2) is 13.1 Å². The molecule has 27 heavy (non-hydrogen) atoms. The van der Waals surface area contributed by atoms with E-state index in [9.17, 15) is 13.2 Å². The van der Waals surface area contributed by atoms with E-state index in [-0.39, 0.29) is 18.0 Å². The Morgan fingerprint density at radius 1 is 1.15 bits per heavy atom. The summed E-state index contributed by atoms with van der Waals surface area (Å²) < 4.78 is 26.6. The van der Waals surface area contributed by atoms with Gasteiger partial charge in [0.05, 0.1) is 11.4 Å². The van der Waals surface area contributed by atoms with Crippen molar-refractivity contribution in [2.24, 2.45) is 0 Å². The van der Waals surface area contributed by atoms with E-state index in [1.807, 2.05) is 22.9 Å². The number of halogens is 1. The first kappa shape index (κ1) is 19.5. The zero-order valence-corrected chi connectivity index (χ0v) is 16.4. The summed E-state index contributed by atoms with van der Waals surface area (Å²) in [5.74, 6) is -0.443. The number of aromatic nitrogens is 1. The number of hydrogen-bond donors (Lipinski definition) is 2. The van der Waals surface area contributed by atoms with Gasteiger partial charge >= 0.3 is 0 Å². The number of carbonyl (C=O) groups is 1. The Morgan fingerprint density at radius 2 is 2.00 bits per heavy atom. The molecule has 3 rings (SSSR count). The average Bonchev–Trinajstić information content (AvgIpc) is 3.20. The predicted octanol–water partition coefficient (Wildman–Crippen LogP) is 3.06. The highest BCUT2D eigenvalue weighted by Crippen LogP contribution is 2.21. The molecule has 1 amide bonds. The van der Waals surface area contributed by atoms with Crippen LogP contribution in [-0.2, 0) is 21.4 Å². The molecule has 0 atom stereocenters. The third kappa shape index (κ3) is 5.36. The molecular formula is C18H16ClN3O3S2. The van der Waals surface area contributed by atoms with Gasteiger partial charge in [-0.15, -0.1) is 0 Å². The van der Waals surface area contributed by atoms with Crippen molar-refractivity contribution in [3.05, 3.63) is 70.1 Å². The molecule has 2 N–H and O–H groups in total. The minimum Gasteiger partial charge on any atom is -0.351 e. The second-order valence-corrected chi connectivity index (χ2v) is 8.64. The maximum absolute atomic E-state index is 12.2. The van der Waals surface area contributed by atoms with Gasteiger partial charge in [0.25, 0.3) is 0 Å². The summed E-state index contributed by atoms with van der Waals surface area (Å²) in [5, 5.41) is 6.98. The van der Waals surface area contributed by atoms with Crippen LogP contribution in [0.2, 0.25) is 5.02 Å². The first-order valence-corrected chi connectivity index (χ1v) is 10.7. The Morgan fingerprint density at radius 3 is 2.74 bits per heavy atom. The average molecular weight is 422 g/mol. The molecule has 0 radical (unpaired) electrons. The molecule has 1 aromatic carbocycles. The van der Waals surface area contributed by atoms with Crippen LogP contribution in [0, 0.1) is 0 Å². The second-order valence-electron chi connectivity index (χ2n) is 5.65. The Hall–Kier alpha value is -2.26. The Balaban J connectivity index is 1.55. The van der Waals surface area contributed by atoms with Gasteiger partial charge in [-0.2, -0.15) is 11.3 Å². The molecule has 0 aliphatic heterocycles. The maximum atomic E-state index is 12.2. The van der Waals surface area contributed by atoms with Crippen LogP contribution in [0.5, 0.6) is 0 Å². The van der Waals surface area contributed by atoms with Gasteiger partial charge in [0, 0.05) is 29.5 Å². The molecule has 0 aliphatic carbocycles. The van der Waals surface area contributed by atoms with Crippen molar-refractivity contribution < 1.29 is 13.2 Å². The van der Waals surface area contributed by atoms with E-state index in [2.05, 4.69) is 15.0 Å². The number of carbonyl (C=O) groups excluding carboxylic acids is 1. The number of rotatable bonds is 7. The monoisotopic (exact) mass is 421 g/mol. The lowest BCUT2D eigenvalue weighted by atomic mass is 10.1. The number of amides is 1. The molecule has 3 aromatic rings. The third-order valence-electron chi connectivity index (χ3n) is 3.67. The highest BCUT2D eigenvalue weighted by Gasteiger charge is 2.15. The molecule has 0 saturated heterocycles. The summed E-state index contributed by atoms with van der Waals surface area (Å²) >= 11 is 7.40. The van der Waals surface area contributed by atoms with Crippen molar-refractivity contribution in [2.75, 3.05) is 6.54 Å². The number of sulfonamides is 1. The number of nitrogens with zero attached hydrogens (tertiary/aromatic N) is 1. The van der Waals surface area contributed by atoms with Crippen LogP contribution in [0.1, 0.15) is 5.56 Å². The van der Waals surface area contributed by atoms with Crippen LogP contribution in [-0.4, -0.2) is 25.9 Å². The first-order chi connectivity index (χ1) is 12.9. The zero-order chi connectivity index (χ0) is 19.3. The van der Waals surface area contributed by atoms with Crippen LogP contribution in [0.15, 0.2) is 64.4 Å². The van der Waals surface area contributed by atoms with E-state index in [0.29, 0.717) is 5.02 Å². The molecule has 0 spiro atoms. The van der Waals surface area contributed by atoms with Crippen molar-refractivity contribution >= 4 is 38.9 Å². The van der Waals surface area contributed by atoms with E-state index < -0.39 is 15.9 Å². The van der Waals surface area contributed by atoms with Crippen LogP contribution < -0.4 is 10.0 Å². The summed E-state index contributed by atoms with van der Waals surface area (Å²) in [5.41, 5.74) is 2.85. The van der Waals surface area contributed by atoms with Gasteiger partial charge in [-0.05, 0) is 52.2 Å². The SMILES string of the molecule is O=C(CNS(=O)(=O)c1cccc(Cl)c1)NCc1cncc(-c2ccsc2)c1. The molecule has 9 heteroatoms. The normalized spacial score (nSPS) is 11.3. The van der Waals surface area contributed by atoms with Gasteiger partial charge in [0.2, 0.25) is 15.9 Å². The topological polar surface area (TPSA) is 88.2 Å². The maximum Gasteiger partial charge on any atom is 0.241 e. The molecule has 140 valence electrons. The fraction of sp³-hybridized carbons (Fsp3) is 0.111. The van der Waals surface area contributed by atoms with E-state index in [1.165, 1.54) is 18.2 Å². The van der Waals surface area contributed by atoms with Crippen LogP contribution in [0.25, 0.3) is 11.1 Å². The summed E-state index contributed by atoms with van der Waals surface area (Å²) in [4.78, 5) is 16.2. The lowest BCUT2D eigenvalue weighted by molar-refractivity contribution is -0.120. The van der Waals surface area contributed by atoms with E-state index >= 15 is 0 Å². The smallest absolute Gasteiger partial charge is 0.241 e. The molecule has 2 heterocycles. The largest absolute Gasteiger partial charge is 0.351 e. The summed E-state index contributed by atoms with van der Waals surface area (Å²) in [6.45, 7) is -0.116. The lowest BCUT2D eigenvalue weighted by Gasteiger charge is -2.09. The molecule has 2 aromatic heterocycles. The molecule has 0 bridgehead atoms. The number of thiophene rings is 1. The Bertz CT molecular complexity index is 1040. The number of benzene rings is 1. The second kappa shape index (κ2) is 8.62. The number of nitrogens with one attached hydrogen (secondary N) is 2. The van der Waals surface area contributed by atoms with Crippen molar-refractivity contribution in [3.8, 4) is 11.1 Å². The first-order valence-electron chi connectivity index (χ1n) is 7.92. The Labute approximate surface area is 166 Å². The van der Waals surface area contributed by atoms with Crippen molar-refractivity contribution in [2.45, 2.75) is 11.4 Å². The van der Waals surface area contributed by atoms with Crippen molar-refractivity contribution in [1.82, 2.24) is 15.0 Å². The predicted molar refractivity (Wildman–Crippen MR) is 106 cm³/mol. The summed E-state index contributed by atoms with van der Waals surface area (Å²) in [7, 11) is -3.80. The van der Waals surface area contributed by atoms with Crippen LogP contribution in [0.4, 0.5) is 0 Å². The summed E-state index contributed by atoms with van der Waals surface area (Å²) in [6.07, 6.45) is 3.42. The number of pyridine rings is 1. The van der Waals surface area contributed by atoms with Gasteiger partial charge < -0.3 is 5.32 Å². The van der Waals surface area contributed by atoms with Crippen molar-refractivity contribution in [3.63, 3.8) is 0 Å². The molecular weight excluding hydrogens is 406 g/mol. The molecule has 0 unspecified atom stereocenters. The fourth-order valence-corrected chi connectivity index (χ4v) is 4.26. The highest BCUT2D eigenvalue weighted by molar-refractivity contribution is 7.89. The van der Waals surface area contributed by atoms with Crippen LogP contribution in [0.3, 0.4) is 0 Å². The number of hydrogen-bond acceptors (Lipinski definition) is 5. The minimum atomic E-state index is -3.80. The lowest BCUT2D eigenvalue weighted by Crippen LogP contribution is -2.36.